The average molecular weight is 310 g/mol. The van der Waals surface area contributed by atoms with Crippen LogP contribution in [0.15, 0.2) is 24.3 Å². The van der Waals surface area contributed by atoms with E-state index in [1.54, 1.807) is 18.2 Å². The molecule has 4 N–H and O–H groups in total. The molecule has 1 saturated heterocycles. The highest BCUT2D eigenvalue weighted by atomic mass is 16.7. The molecule has 1 fully saturated rings. The molecule has 0 saturated carbocycles. The summed E-state index contributed by atoms with van der Waals surface area (Å²) in [5.74, 6) is 1.08. The number of urea groups is 1. The smallest absolute Gasteiger partial charge is 0.312 e. The number of carbonyl (C=O) groups is 1. The number of amides is 2. The number of aliphatic hydroxyl groups excluding tert-OH is 1. The Labute approximate surface area is 127 Å². The van der Waals surface area contributed by atoms with Gasteiger partial charge in [-0.25, -0.2) is 4.79 Å². The summed E-state index contributed by atoms with van der Waals surface area (Å²) < 4.78 is 22.3. The third-order valence-electron chi connectivity index (χ3n) is 3.73. The third kappa shape index (κ3) is 2.68. The number of benzene rings is 1. The van der Waals surface area contributed by atoms with Crippen LogP contribution < -0.4 is 20.5 Å². The highest BCUT2D eigenvalue weighted by Gasteiger charge is 2.49. The Balaban J connectivity index is 1.91. The molecule has 1 aromatic rings. The third-order valence-corrected chi connectivity index (χ3v) is 3.73. The lowest BCUT2D eigenvalue weighted by Crippen LogP contribution is -2.67. The Hall–Kier alpha value is -2.03. The number of carbonyl (C=O) groups excluding carboxylic acids is 1. The molecular weight excluding hydrogens is 292 g/mol. The second-order valence-corrected chi connectivity index (χ2v) is 5.14. The molecule has 0 bridgehead atoms. The van der Waals surface area contributed by atoms with Crippen molar-refractivity contribution in [3.05, 3.63) is 24.3 Å². The Kier molecular flexibility index (Phi) is 4.06. The highest BCUT2D eigenvalue weighted by molar-refractivity contribution is 5.72. The van der Waals surface area contributed by atoms with Crippen LogP contribution in [0.1, 0.15) is 0 Å². The van der Waals surface area contributed by atoms with Gasteiger partial charge in [0.15, 0.2) is 23.9 Å². The summed E-state index contributed by atoms with van der Waals surface area (Å²) in [6.45, 7) is 0.200. The van der Waals surface area contributed by atoms with Gasteiger partial charge in [-0.3, -0.25) is 0 Å². The maximum atomic E-state index is 11.2. The largest absolute Gasteiger partial charge is 0.487 e. The van der Waals surface area contributed by atoms with Crippen molar-refractivity contribution >= 4 is 6.03 Å². The molecule has 8 nitrogen and oxygen atoms in total. The molecule has 2 amide bonds. The number of ether oxygens (including phenoxy) is 4. The van der Waals surface area contributed by atoms with Gasteiger partial charge in [0.1, 0.15) is 24.9 Å². The van der Waals surface area contributed by atoms with E-state index in [2.05, 4.69) is 5.32 Å². The zero-order valence-corrected chi connectivity index (χ0v) is 12.0. The second-order valence-electron chi connectivity index (χ2n) is 5.14. The van der Waals surface area contributed by atoms with Gasteiger partial charge in [-0.15, -0.1) is 0 Å². The number of hydrogen-bond acceptors (Lipinski definition) is 6. The van der Waals surface area contributed by atoms with Crippen molar-refractivity contribution in [2.24, 2.45) is 5.73 Å². The molecule has 0 aromatic heterocycles. The number of rotatable bonds is 2. The van der Waals surface area contributed by atoms with Crippen LogP contribution in [0.3, 0.4) is 0 Å². The number of nitrogens with two attached hydrogens (primary N) is 1. The van der Waals surface area contributed by atoms with Crippen LogP contribution in [0.2, 0.25) is 0 Å². The van der Waals surface area contributed by atoms with E-state index in [0.29, 0.717) is 11.5 Å². The van der Waals surface area contributed by atoms with Gasteiger partial charge in [-0.05, 0) is 12.1 Å². The summed E-state index contributed by atoms with van der Waals surface area (Å²) in [6, 6.07) is 5.60. The molecule has 3 rings (SSSR count). The summed E-state index contributed by atoms with van der Waals surface area (Å²) in [7, 11) is 1.41. The quantitative estimate of drug-likeness (QED) is 0.685. The summed E-state index contributed by atoms with van der Waals surface area (Å²) in [4.78, 5) is 11.2. The van der Waals surface area contributed by atoms with Crippen LogP contribution in [0.25, 0.3) is 0 Å². The minimum Gasteiger partial charge on any atom is -0.487 e. The SMILES string of the molecule is CO[C@@H]1O[C@H]2COc3ccccc3O[C@@H]2[C@@H](NC(N)=O)[C@H]1O. The molecule has 5 atom stereocenters. The van der Waals surface area contributed by atoms with E-state index in [0.717, 1.165) is 0 Å². The van der Waals surface area contributed by atoms with Gasteiger partial charge in [-0.2, -0.15) is 0 Å². The van der Waals surface area contributed by atoms with Gasteiger partial charge in [0.25, 0.3) is 0 Å². The maximum absolute atomic E-state index is 11.2. The zero-order valence-electron chi connectivity index (χ0n) is 12.0. The van der Waals surface area contributed by atoms with Gasteiger partial charge >= 0.3 is 6.03 Å². The first-order valence-electron chi connectivity index (χ1n) is 6.91. The number of methoxy groups -OCH3 is 1. The fourth-order valence-corrected chi connectivity index (χ4v) is 2.72. The minimum atomic E-state index is -1.12. The Morgan fingerprint density at radius 2 is 2.14 bits per heavy atom. The molecule has 2 aliphatic heterocycles. The van der Waals surface area contributed by atoms with Gasteiger partial charge in [0.05, 0.1) is 0 Å². The molecule has 0 radical (unpaired) electrons. The molecular formula is C14H18N2O6. The number of aliphatic hydroxyl groups is 1. The van der Waals surface area contributed by atoms with E-state index >= 15 is 0 Å². The van der Waals surface area contributed by atoms with Crippen molar-refractivity contribution in [1.82, 2.24) is 5.32 Å². The molecule has 2 aliphatic rings. The van der Waals surface area contributed by atoms with Crippen molar-refractivity contribution in [2.45, 2.75) is 30.6 Å². The van der Waals surface area contributed by atoms with Crippen LogP contribution in [0.5, 0.6) is 11.5 Å². The molecule has 0 unspecified atom stereocenters. The van der Waals surface area contributed by atoms with Gasteiger partial charge in [0, 0.05) is 7.11 Å². The summed E-state index contributed by atoms with van der Waals surface area (Å²) in [5.41, 5.74) is 5.20. The molecule has 2 heterocycles. The fraction of sp³-hybridized carbons (Fsp3) is 0.500. The normalized spacial score (nSPS) is 33.5. The summed E-state index contributed by atoms with van der Waals surface area (Å²) >= 11 is 0. The molecule has 0 spiro atoms. The van der Waals surface area contributed by atoms with E-state index in [1.807, 2.05) is 6.07 Å². The van der Waals surface area contributed by atoms with E-state index < -0.39 is 36.7 Å². The lowest BCUT2D eigenvalue weighted by molar-refractivity contribution is -0.262. The predicted molar refractivity (Wildman–Crippen MR) is 74.5 cm³/mol. The standard InChI is InChI=1S/C14H18N2O6/c1-19-13-11(17)10(16-14(15)18)12-9(22-13)6-20-7-4-2-3-5-8(7)21-12/h2-5,9-13,17H,6H2,1H3,(H3,15,16,18)/t9-,10-,11+,12-,13+/m0/s1. The first-order chi connectivity index (χ1) is 10.6. The number of para-hydroxylation sites is 2. The second kappa shape index (κ2) is 5.99. The predicted octanol–water partition coefficient (Wildman–Crippen LogP) is -0.404. The number of hydrogen-bond donors (Lipinski definition) is 3. The maximum Gasteiger partial charge on any atom is 0.312 e. The lowest BCUT2D eigenvalue weighted by Gasteiger charge is -2.42. The first kappa shape index (κ1) is 14.9. The fourth-order valence-electron chi connectivity index (χ4n) is 2.72. The van der Waals surface area contributed by atoms with Crippen molar-refractivity contribution in [2.75, 3.05) is 13.7 Å². The number of primary amides is 1. The zero-order chi connectivity index (χ0) is 15.7. The van der Waals surface area contributed by atoms with E-state index in [1.165, 1.54) is 7.11 Å². The van der Waals surface area contributed by atoms with E-state index in [4.69, 9.17) is 24.7 Å². The molecule has 1 aromatic carbocycles. The highest BCUT2D eigenvalue weighted by Crippen LogP contribution is 2.35. The number of nitrogens with one attached hydrogen (secondary N) is 1. The van der Waals surface area contributed by atoms with Gasteiger partial charge < -0.3 is 35.1 Å². The first-order valence-corrected chi connectivity index (χ1v) is 6.91. The van der Waals surface area contributed by atoms with Crippen LogP contribution in [0, 0.1) is 0 Å². The monoisotopic (exact) mass is 310 g/mol. The van der Waals surface area contributed by atoms with Crippen LogP contribution >= 0.6 is 0 Å². The Morgan fingerprint density at radius 1 is 1.41 bits per heavy atom. The van der Waals surface area contributed by atoms with Gasteiger partial charge in [-0.1, -0.05) is 12.1 Å². The van der Waals surface area contributed by atoms with Crippen molar-refractivity contribution in [3.63, 3.8) is 0 Å². The minimum absolute atomic E-state index is 0.200. The topological polar surface area (TPSA) is 112 Å². The van der Waals surface area contributed by atoms with Crippen LogP contribution in [-0.4, -0.2) is 55.5 Å². The Morgan fingerprint density at radius 3 is 2.82 bits per heavy atom. The summed E-state index contributed by atoms with van der Waals surface area (Å²) in [6.07, 6.45) is -3.22. The average Bonchev–Trinajstić information content (AvgIpc) is 2.69. The van der Waals surface area contributed by atoms with Crippen molar-refractivity contribution in [3.8, 4) is 11.5 Å². The van der Waals surface area contributed by atoms with Crippen molar-refractivity contribution in [1.29, 1.82) is 0 Å². The Bertz CT molecular complexity index is 554. The van der Waals surface area contributed by atoms with E-state index in [9.17, 15) is 9.90 Å². The molecule has 8 heteroatoms. The van der Waals surface area contributed by atoms with Crippen molar-refractivity contribution < 1.29 is 28.8 Å². The molecule has 22 heavy (non-hydrogen) atoms. The summed E-state index contributed by atoms with van der Waals surface area (Å²) in [5, 5.41) is 12.8. The van der Waals surface area contributed by atoms with E-state index in [-0.39, 0.29) is 6.61 Å². The van der Waals surface area contributed by atoms with Gasteiger partial charge in [0.2, 0.25) is 0 Å². The van der Waals surface area contributed by atoms with Crippen LogP contribution in [-0.2, 0) is 9.47 Å². The molecule has 0 aliphatic carbocycles. The lowest BCUT2D eigenvalue weighted by atomic mass is 9.96. The number of fused-ring (bicyclic) bond motifs is 2. The molecule has 120 valence electrons. The van der Waals surface area contributed by atoms with Crippen LogP contribution in [0.4, 0.5) is 4.79 Å².